The largest absolute Gasteiger partial charge is 0.370 e. The molecule has 1 rings (SSSR count). The van der Waals surface area contributed by atoms with E-state index >= 15 is 0 Å². The van der Waals surface area contributed by atoms with Crippen LogP contribution < -0.4 is 0 Å². The zero-order valence-corrected chi connectivity index (χ0v) is 11.4. The second-order valence-corrected chi connectivity index (χ2v) is 5.91. The predicted octanol–water partition coefficient (Wildman–Crippen LogP) is 2.72. The van der Waals surface area contributed by atoms with Gasteiger partial charge in [0.1, 0.15) is 6.17 Å². The lowest BCUT2D eigenvalue weighted by atomic mass is 9.94. The quantitative estimate of drug-likeness (QED) is 0.737. The summed E-state index contributed by atoms with van der Waals surface area (Å²) in [5, 5.41) is 0. The Labute approximate surface area is 99.2 Å². The van der Waals surface area contributed by atoms with Crippen LogP contribution in [0.2, 0.25) is 0 Å². The van der Waals surface area contributed by atoms with Gasteiger partial charge in [0.15, 0.2) is 0 Å². The van der Waals surface area contributed by atoms with Crippen LogP contribution in [0.5, 0.6) is 0 Å². The van der Waals surface area contributed by atoms with Crippen molar-refractivity contribution in [3.8, 4) is 0 Å². The normalized spacial score (nSPS) is 35.6. The number of nitrogens with zero attached hydrogens (tertiary/aromatic N) is 1. The van der Waals surface area contributed by atoms with Crippen LogP contribution in [0.3, 0.4) is 0 Å². The van der Waals surface area contributed by atoms with Gasteiger partial charge in [-0.15, -0.1) is 0 Å². The first-order valence-electron chi connectivity index (χ1n) is 6.30. The van der Waals surface area contributed by atoms with E-state index in [1.54, 1.807) is 0 Å². The van der Waals surface area contributed by atoms with Gasteiger partial charge in [-0.3, -0.25) is 0 Å². The molecule has 0 saturated carbocycles. The number of hydrogen-bond donors (Lipinski definition) is 0. The molecule has 0 N–H and O–H groups in total. The molecule has 0 aromatic carbocycles. The summed E-state index contributed by atoms with van der Waals surface area (Å²) in [4.78, 5) is 1.97. The summed E-state index contributed by atoms with van der Waals surface area (Å²) in [7, 11) is 3.88. The van der Waals surface area contributed by atoms with Crippen molar-refractivity contribution < 1.29 is 9.13 Å². The van der Waals surface area contributed by atoms with Crippen molar-refractivity contribution in [2.45, 2.75) is 58.5 Å². The van der Waals surface area contributed by atoms with E-state index in [4.69, 9.17) is 4.74 Å². The number of likely N-dealkylation sites (N-methyl/N-ethyl adjacent to an activating group) is 1. The van der Waals surface area contributed by atoms with Gasteiger partial charge in [-0.05, 0) is 32.4 Å². The van der Waals surface area contributed by atoms with Crippen molar-refractivity contribution in [3.63, 3.8) is 0 Å². The van der Waals surface area contributed by atoms with Crippen LogP contribution >= 0.6 is 0 Å². The number of hydrogen-bond acceptors (Lipinski definition) is 2. The Morgan fingerprint density at radius 2 is 1.75 bits per heavy atom. The number of ether oxygens (including phenoxy) is 1. The fraction of sp³-hybridized carbons (Fsp3) is 1.00. The second-order valence-electron chi connectivity index (χ2n) is 5.91. The van der Waals surface area contributed by atoms with Crippen molar-refractivity contribution in [2.75, 3.05) is 14.1 Å². The second kappa shape index (κ2) is 5.46. The Morgan fingerprint density at radius 3 is 2.06 bits per heavy atom. The molecule has 4 atom stereocenters. The first-order valence-corrected chi connectivity index (χ1v) is 6.30. The lowest BCUT2D eigenvalue weighted by Gasteiger charge is -2.28. The summed E-state index contributed by atoms with van der Waals surface area (Å²) in [5.41, 5.74) is 0. The first kappa shape index (κ1) is 13.9. The van der Waals surface area contributed by atoms with Crippen molar-refractivity contribution in [1.29, 1.82) is 0 Å². The highest BCUT2D eigenvalue weighted by Crippen LogP contribution is 2.34. The summed E-state index contributed by atoms with van der Waals surface area (Å²) >= 11 is 0. The molecule has 0 radical (unpaired) electrons. The molecule has 1 aliphatic heterocycles. The maximum Gasteiger partial charge on any atom is 0.144 e. The molecule has 1 fully saturated rings. The average molecular weight is 231 g/mol. The first-order chi connectivity index (χ1) is 7.34. The topological polar surface area (TPSA) is 12.5 Å². The summed E-state index contributed by atoms with van der Waals surface area (Å²) in [6.07, 6.45) is -0.243. The van der Waals surface area contributed by atoms with E-state index in [0.717, 1.165) is 6.42 Å². The van der Waals surface area contributed by atoms with Crippen LogP contribution in [0.25, 0.3) is 0 Å². The highest BCUT2D eigenvalue weighted by Gasteiger charge is 2.46. The molecule has 1 aliphatic rings. The third kappa shape index (κ3) is 2.95. The zero-order chi connectivity index (χ0) is 12.5. The molecular weight excluding hydrogens is 205 g/mol. The van der Waals surface area contributed by atoms with Crippen LogP contribution in [0.1, 0.15) is 34.1 Å². The van der Waals surface area contributed by atoms with Crippen LogP contribution in [-0.2, 0) is 4.74 Å². The Morgan fingerprint density at radius 1 is 1.19 bits per heavy atom. The summed E-state index contributed by atoms with van der Waals surface area (Å²) < 4.78 is 20.2. The van der Waals surface area contributed by atoms with Gasteiger partial charge < -0.3 is 9.64 Å². The summed E-state index contributed by atoms with van der Waals surface area (Å²) in [6.45, 7) is 8.43. The van der Waals surface area contributed by atoms with Crippen molar-refractivity contribution in [2.24, 2.45) is 11.8 Å². The third-order valence-electron chi connectivity index (χ3n) is 3.31. The summed E-state index contributed by atoms with van der Waals surface area (Å²) in [5.74, 6) is 0.847. The monoisotopic (exact) mass is 231 g/mol. The fourth-order valence-electron chi connectivity index (χ4n) is 2.54. The molecule has 16 heavy (non-hydrogen) atoms. The van der Waals surface area contributed by atoms with E-state index in [1.165, 1.54) is 0 Å². The third-order valence-corrected chi connectivity index (χ3v) is 3.31. The molecule has 2 nitrogen and oxygen atoms in total. The fourth-order valence-corrected chi connectivity index (χ4v) is 2.54. The van der Waals surface area contributed by atoms with Gasteiger partial charge in [0.2, 0.25) is 0 Å². The Balaban J connectivity index is 2.74. The Kier molecular flexibility index (Phi) is 4.74. The van der Waals surface area contributed by atoms with E-state index in [-0.39, 0.29) is 18.2 Å². The van der Waals surface area contributed by atoms with E-state index in [9.17, 15) is 4.39 Å². The molecule has 1 heterocycles. The average Bonchev–Trinajstić information content (AvgIpc) is 2.43. The maximum absolute atomic E-state index is 14.3. The van der Waals surface area contributed by atoms with Gasteiger partial charge >= 0.3 is 0 Å². The lowest BCUT2D eigenvalue weighted by molar-refractivity contribution is -0.0102. The number of alkyl halides is 1. The molecule has 0 aliphatic carbocycles. The molecule has 1 saturated heterocycles. The van der Waals surface area contributed by atoms with Gasteiger partial charge in [-0.1, -0.05) is 27.7 Å². The Hall–Kier alpha value is -0.150. The van der Waals surface area contributed by atoms with E-state index < -0.39 is 6.17 Å². The predicted molar refractivity (Wildman–Crippen MR) is 65.3 cm³/mol. The molecule has 0 spiro atoms. The van der Waals surface area contributed by atoms with Crippen molar-refractivity contribution >= 4 is 0 Å². The molecule has 0 amide bonds. The summed E-state index contributed by atoms with van der Waals surface area (Å²) in [6, 6.07) is -0.0938. The van der Waals surface area contributed by atoms with Gasteiger partial charge in [0, 0.05) is 0 Å². The molecular formula is C13H26FNO. The minimum atomic E-state index is -0.857. The lowest BCUT2D eigenvalue weighted by Crippen LogP contribution is -2.44. The van der Waals surface area contributed by atoms with Gasteiger partial charge in [-0.25, -0.2) is 4.39 Å². The minimum Gasteiger partial charge on any atom is -0.370 e. The van der Waals surface area contributed by atoms with Crippen LogP contribution in [0.4, 0.5) is 4.39 Å². The van der Waals surface area contributed by atoms with Gasteiger partial charge in [-0.2, -0.15) is 0 Å². The highest BCUT2D eigenvalue weighted by molar-refractivity contribution is 4.97. The molecule has 0 unspecified atom stereocenters. The molecule has 0 bridgehead atoms. The minimum absolute atomic E-state index is 0.0220. The van der Waals surface area contributed by atoms with E-state index in [0.29, 0.717) is 11.8 Å². The molecule has 3 heteroatoms. The van der Waals surface area contributed by atoms with Crippen molar-refractivity contribution in [1.82, 2.24) is 4.90 Å². The number of rotatable bonds is 4. The number of halogens is 1. The van der Waals surface area contributed by atoms with Gasteiger partial charge in [0.25, 0.3) is 0 Å². The smallest absolute Gasteiger partial charge is 0.144 e. The van der Waals surface area contributed by atoms with E-state index in [2.05, 4.69) is 27.7 Å². The van der Waals surface area contributed by atoms with Crippen LogP contribution in [-0.4, -0.2) is 43.4 Å². The Bertz CT molecular complexity index is 218. The zero-order valence-electron chi connectivity index (χ0n) is 11.4. The van der Waals surface area contributed by atoms with Crippen LogP contribution in [0, 0.1) is 11.8 Å². The SMILES string of the molecule is CC(C)C[C@H]1O[C@@H](C(C)C)[C@H](N(C)C)[C@@H]1F. The van der Waals surface area contributed by atoms with Gasteiger partial charge in [0.05, 0.1) is 18.2 Å². The van der Waals surface area contributed by atoms with Crippen LogP contribution in [0.15, 0.2) is 0 Å². The van der Waals surface area contributed by atoms with Crippen molar-refractivity contribution in [3.05, 3.63) is 0 Å². The maximum atomic E-state index is 14.3. The standard InChI is InChI=1S/C13H26FNO/c1-8(2)7-10-11(14)12(15(5)6)13(16-10)9(3)4/h8-13H,7H2,1-6H3/t10-,11-,12-,13+/m1/s1. The molecule has 0 aromatic rings. The molecule has 0 aromatic heterocycles. The molecule has 96 valence electrons. The highest BCUT2D eigenvalue weighted by atomic mass is 19.1. The van der Waals surface area contributed by atoms with E-state index in [1.807, 2.05) is 19.0 Å².